The van der Waals surface area contributed by atoms with E-state index in [1.165, 1.54) is 0 Å². The normalized spacial score (nSPS) is 7.74. The third-order valence-corrected chi connectivity index (χ3v) is 1.39. The van der Waals surface area contributed by atoms with Crippen LogP contribution in [0.5, 0.6) is 0 Å². The first-order valence-electron chi connectivity index (χ1n) is 5.97. The van der Waals surface area contributed by atoms with Gasteiger partial charge in [0.2, 0.25) is 0 Å². The summed E-state index contributed by atoms with van der Waals surface area (Å²) in [6, 6.07) is 0. The maximum absolute atomic E-state index is 9.60. The van der Waals surface area contributed by atoms with Crippen LogP contribution in [0.25, 0.3) is 0 Å². The molecule has 0 atom stereocenters. The average molecular weight is 403 g/mol. The average Bonchev–Trinajstić information content (AvgIpc) is 2.18. The summed E-state index contributed by atoms with van der Waals surface area (Å²) in [5.41, 5.74) is 0. The summed E-state index contributed by atoms with van der Waals surface area (Å²) in [5, 5.41) is 23.7. The van der Waals surface area contributed by atoms with Gasteiger partial charge in [-0.2, -0.15) is 0 Å². The fourth-order valence-corrected chi connectivity index (χ4v) is 0.642. The topological polar surface area (TPSA) is 112 Å². The Morgan fingerprint density at radius 2 is 0.789 bits per heavy atom. The van der Waals surface area contributed by atoms with Crippen molar-refractivity contribution in [1.29, 1.82) is 0 Å². The quantitative estimate of drug-likeness (QED) is 0.629. The number of hydrogen-bond acceptors (Lipinski definition) is 3. The number of carboxylic acid groups (broad SMARTS) is 3. The van der Waals surface area contributed by atoms with Crippen molar-refractivity contribution in [3.63, 3.8) is 0 Å². The Morgan fingerprint density at radius 3 is 0.789 bits per heavy atom. The molecule has 0 aliphatic heterocycles. The Balaban J connectivity index is -0.0000000865. The molecule has 0 amide bonds. The maximum atomic E-state index is 9.60. The van der Waals surface area contributed by atoms with Gasteiger partial charge in [-0.25, -0.2) is 0 Å². The molecule has 3 N–H and O–H groups in total. The molecule has 7 heteroatoms. The monoisotopic (exact) mass is 403 g/mol. The maximum Gasteiger partial charge on any atom is 0.303 e. The van der Waals surface area contributed by atoms with Crippen LogP contribution in [0, 0.1) is 35.6 Å². The van der Waals surface area contributed by atoms with Crippen LogP contribution >= 0.6 is 0 Å². The smallest absolute Gasteiger partial charge is 0.303 e. The van der Waals surface area contributed by atoms with Crippen molar-refractivity contribution in [2.45, 2.75) is 59.3 Å². The van der Waals surface area contributed by atoms with Crippen LogP contribution in [0.15, 0.2) is 0 Å². The summed E-state index contributed by atoms with van der Waals surface area (Å²) < 4.78 is 0. The minimum absolute atomic E-state index is 0. The van der Waals surface area contributed by atoms with E-state index in [0.29, 0.717) is 19.3 Å². The minimum atomic E-state index is -0.711. The van der Waals surface area contributed by atoms with Gasteiger partial charge in [-0.1, -0.05) is 20.8 Å². The van der Waals surface area contributed by atoms with Crippen LogP contribution < -0.4 is 0 Å². The molecule has 111 valence electrons. The summed E-state index contributed by atoms with van der Waals surface area (Å²) in [6.45, 7) is 5.52. The zero-order valence-corrected chi connectivity index (χ0v) is 15.5. The first kappa shape index (κ1) is 27.0. The molecule has 1 radical (unpaired) electrons. The van der Waals surface area contributed by atoms with E-state index < -0.39 is 17.9 Å². The van der Waals surface area contributed by atoms with Crippen LogP contribution in [0.1, 0.15) is 59.3 Å². The van der Waals surface area contributed by atoms with Gasteiger partial charge in [0.15, 0.2) is 0 Å². The number of aliphatic carboxylic acids is 3. The minimum Gasteiger partial charge on any atom is -0.481 e. The Hall–Kier alpha value is -0.395. The van der Waals surface area contributed by atoms with E-state index in [-0.39, 0.29) is 35.6 Å². The van der Waals surface area contributed by atoms with Gasteiger partial charge in [-0.3, -0.25) is 14.4 Å². The predicted octanol–water partition coefficient (Wildman–Crippen LogP) is 2.61. The van der Waals surface area contributed by atoms with E-state index in [2.05, 4.69) is 0 Å². The molecule has 0 heterocycles. The standard InChI is InChI=1S/3C4H8O2.La/c3*1-2-3-4(5)6;/h3*2-3H2,1H3,(H,5,6);. The van der Waals surface area contributed by atoms with Crippen molar-refractivity contribution in [3.05, 3.63) is 0 Å². The van der Waals surface area contributed by atoms with E-state index in [1.54, 1.807) is 0 Å². The summed E-state index contributed by atoms with van der Waals surface area (Å²) >= 11 is 0. The Kier molecular flexibility index (Phi) is 32.4. The van der Waals surface area contributed by atoms with Gasteiger partial charge in [0.1, 0.15) is 0 Å². The molecule has 19 heavy (non-hydrogen) atoms. The number of hydrogen-bond donors (Lipinski definition) is 3. The van der Waals surface area contributed by atoms with E-state index in [1.807, 2.05) is 20.8 Å². The SMILES string of the molecule is CCCC(=O)O.CCCC(=O)O.CCCC(=O)O.[La]. The van der Waals surface area contributed by atoms with Crippen molar-refractivity contribution in [2.75, 3.05) is 0 Å². The Labute approximate surface area is 142 Å². The molecule has 0 aliphatic carbocycles. The summed E-state index contributed by atoms with van der Waals surface area (Å²) in [7, 11) is 0. The number of carbonyl (C=O) groups is 3. The molecule has 0 rings (SSSR count). The first-order valence-corrected chi connectivity index (χ1v) is 5.97. The molecular weight excluding hydrogens is 379 g/mol. The van der Waals surface area contributed by atoms with Gasteiger partial charge in [-0.15, -0.1) is 0 Å². The summed E-state index contributed by atoms with van der Waals surface area (Å²) in [5.74, 6) is -2.13. The van der Waals surface area contributed by atoms with Gasteiger partial charge >= 0.3 is 17.9 Å². The van der Waals surface area contributed by atoms with Crippen molar-refractivity contribution in [2.24, 2.45) is 0 Å². The van der Waals surface area contributed by atoms with E-state index in [4.69, 9.17) is 15.3 Å². The zero-order chi connectivity index (χ0) is 15.0. The number of rotatable bonds is 6. The van der Waals surface area contributed by atoms with Gasteiger partial charge in [-0.05, 0) is 19.3 Å². The fourth-order valence-electron chi connectivity index (χ4n) is 0.642. The number of carboxylic acids is 3. The molecule has 0 aliphatic rings. The van der Waals surface area contributed by atoms with Crippen molar-refractivity contribution >= 4 is 17.9 Å². The molecule has 0 aromatic heterocycles. The van der Waals surface area contributed by atoms with Crippen molar-refractivity contribution in [1.82, 2.24) is 0 Å². The Bertz CT molecular complexity index is 192. The van der Waals surface area contributed by atoms with E-state index >= 15 is 0 Å². The van der Waals surface area contributed by atoms with Crippen molar-refractivity contribution in [3.8, 4) is 0 Å². The molecule has 0 spiro atoms. The molecule has 0 fully saturated rings. The summed E-state index contributed by atoms with van der Waals surface area (Å²) in [6.07, 6.45) is 3.07. The molecule has 6 nitrogen and oxygen atoms in total. The van der Waals surface area contributed by atoms with Gasteiger partial charge in [0.05, 0.1) is 0 Å². The van der Waals surface area contributed by atoms with Crippen molar-refractivity contribution < 1.29 is 65.3 Å². The third kappa shape index (κ3) is 57.9. The van der Waals surface area contributed by atoms with Gasteiger partial charge in [0, 0.05) is 54.9 Å². The molecule has 0 aromatic rings. The summed E-state index contributed by atoms with van der Waals surface area (Å²) in [4.78, 5) is 28.8. The predicted molar refractivity (Wildman–Crippen MR) is 67.6 cm³/mol. The molecule has 0 unspecified atom stereocenters. The molecule has 0 saturated heterocycles. The second-order valence-corrected chi connectivity index (χ2v) is 3.43. The van der Waals surface area contributed by atoms with Crippen LogP contribution in [-0.4, -0.2) is 33.2 Å². The molecule has 0 bridgehead atoms. The van der Waals surface area contributed by atoms with Crippen LogP contribution in [0.3, 0.4) is 0 Å². The van der Waals surface area contributed by atoms with Gasteiger partial charge < -0.3 is 15.3 Å². The molecule has 0 saturated carbocycles. The third-order valence-electron chi connectivity index (χ3n) is 1.39. The zero-order valence-electron chi connectivity index (χ0n) is 11.9. The van der Waals surface area contributed by atoms with Crippen LogP contribution in [-0.2, 0) is 14.4 Å². The first-order chi connectivity index (χ1) is 8.31. The second-order valence-electron chi connectivity index (χ2n) is 3.43. The van der Waals surface area contributed by atoms with Crippen LogP contribution in [0.2, 0.25) is 0 Å². The largest absolute Gasteiger partial charge is 0.481 e. The van der Waals surface area contributed by atoms with Gasteiger partial charge in [0.25, 0.3) is 0 Å². The Morgan fingerprint density at radius 1 is 0.632 bits per heavy atom. The van der Waals surface area contributed by atoms with E-state index in [0.717, 1.165) is 19.3 Å². The van der Waals surface area contributed by atoms with E-state index in [9.17, 15) is 14.4 Å². The molecular formula is C12H24LaO6. The fraction of sp³-hybridized carbons (Fsp3) is 0.750. The molecule has 0 aromatic carbocycles. The van der Waals surface area contributed by atoms with Crippen LogP contribution in [0.4, 0.5) is 0 Å². The second kappa shape index (κ2) is 22.8.